The highest BCUT2D eigenvalue weighted by Crippen LogP contribution is 2.21. The van der Waals surface area contributed by atoms with Gasteiger partial charge in [0.2, 0.25) is 0 Å². The van der Waals surface area contributed by atoms with Crippen LogP contribution in [0.2, 0.25) is 10.0 Å². The molecule has 2 nitrogen and oxygen atoms in total. The third-order valence-electron chi connectivity index (χ3n) is 2.54. The summed E-state index contributed by atoms with van der Waals surface area (Å²) in [5, 5.41) is 0.997. The Kier molecular flexibility index (Phi) is 5.96. The average molecular weight is 274 g/mol. The fourth-order valence-electron chi connectivity index (χ4n) is 1.55. The maximum absolute atomic E-state index is 12.0. The van der Waals surface area contributed by atoms with Crippen molar-refractivity contribution >= 4 is 29.0 Å². The van der Waals surface area contributed by atoms with Crippen molar-refractivity contribution in [3.63, 3.8) is 0 Å². The van der Waals surface area contributed by atoms with Crippen LogP contribution in [-0.2, 0) is 0 Å². The van der Waals surface area contributed by atoms with Crippen molar-refractivity contribution in [2.45, 2.75) is 19.8 Å². The molecule has 1 aromatic rings. The Labute approximate surface area is 113 Å². The Hall–Kier alpha value is -0.570. The molecule has 4 heteroatoms. The van der Waals surface area contributed by atoms with Crippen LogP contribution in [0.5, 0.6) is 0 Å². The lowest BCUT2D eigenvalue weighted by atomic mass is 10.1. The first-order valence-corrected chi connectivity index (χ1v) is 6.47. The van der Waals surface area contributed by atoms with Gasteiger partial charge < -0.3 is 0 Å². The van der Waals surface area contributed by atoms with Crippen molar-refractivity contribution in [1.29, 1.82) is 0 Å². The third kappa shape index (κ3) is 4.66. The second-order valence-corrected chi connectivity index (χ2v) is 4.98. The largest absolute Gasteiger partial charge is 0.299 e. The molecular formula is C13H17Cl2NO. The Balaban J connectivity index is 2.66. The van der Waals surface area contributed by atoms with Crippen molar-refractivity contribution in [3.8, 4) is 0 Å². The van der Waals surface area contributed by atoms with Crippen molar-refractivity contribution < 1.29 is 4.79 Å². The molecule has 0 spiro atoms. The molecule has 0 aliphatic heterocycles. The Morgan fingerprint density at radius 2 is 2.06 bits per heavy atom. The van der Waals surface area contributed by atoms with E-state index in [1.165, 1.54) is 0 Å². The zero-order valence-electron chi connectivity index (χ0n) is 10.2. The molecule has 94 valence electrons. The highest BCUT2D eigenvalue weighted by molar-refractivity contribution is 6.36. The lowest BCUT2D eigenvalue weighted by Crippen LogP contribution is -2.27. The minimum absolute atomic E-state index is 0.0103. The maximum atomic E-state index is 12.0. The van der Waals surface area contributed by atoms with Crippen LogP contribution in [0.1, 0.15) is 30.1 Å². The maximum Gasteiger partial charge on any atom is 0.178 e. The number of rotatable bonds is 6. The van der Waals surface area contributed by atoms with E-state index in [-0.39, 0.29) is 5.78 Å². The SMILES string of the molecule is CCCCN(C)CC(=O)c1cc(Cl)ccc1Cl. The van der Waals surface area contributed by atoms with E-state index >= 15 is 0 Å². The summed E-state index contributed by atoms with van der Waals surface area (Å²) < 4.78 is 0. The fraction of sp³-hybridized carbons (Fsp3) is 0.462. The lowest BCUT2D eigenvalue weighted by molar-refractivity contribution is 0.0946. The quantitative estimate of drug-likeness (QED) is 0.733. The molecule has 0 bridgehead atoms. The highest BCUT2D eigenvalue weighted by Gasteiger charge is 2.13. The molecular weight excluding hydrogens is 257 g/mol. The van der Waals surface area contributed by atoms with E-state index in [1.807, 2.05) is 11.9 Å². The van der Waals surface area contributed by atoms with Crippen molar-refractivity contribution in [2.24, 2.45) is 0 Å². The van der Waals surface area contributed by atoms with Crippen molar-refractivity contribution in [3.05, 3.63) is 33.8 Å². The van der Waals surface area contributed by atoms with Crippen LogP contribution in [0, 0.1) is 0 Å². The number of benzene rings is 1. The molecule has 1 aromatic carbocycles. The summed E-state index contributed by atoms with van der Waals surface area (Å²) in [4.78, 5) is 14.0. The lowest BCUT2D eigenvalue weighted by Gasteiger charge is -2.15. The van der Waals surface area contributed by atoms with E-state index in [0.717, 1.165) is 19.4 Å². The molecule has 17 heavy (non-hydrogen) atoms. The van der Waals surface area contributed by atoms with Crippen LogP contribution < -0.4 is 0 Å². The Morgan fingerprint density at radius 3 is 2.71 bits per heavy atom. The number of Topliss-reactive ketones (excluding diaryl/α,β-unsaturated/α-hetero) is 1. The van der Waals surface area contributed by atoms with E-state index in [1.54, 1.807) is 18.2 Å². The van der Waals surface area contributed by atoms with Gasteiger partial charge in [-0.1, -0.05) is 36.5 Å². The molecule has 0 aliphatic carbocycles. The van der Waals surface area contributed by atoms with Gasteiger partial charge in [0, 0.05) is 10.6 Å². The standard InChI is InChI=1S/C13H17Cl2NO/c1-3-4-7-16(2)9-13(17)11-8-10(14)5-6-12(11)15/h5-6,8H,3-4,7,9H2,1-2H3. The number of hydrogen-bond donors (Lipinski definition) is 0. The number of ketones is 1. The molecule has 0 fully saturated rings. The molecule has 0 radical (unpaired) electrons. The minimum atomic E-state index is 0.0103. The van der Waals surface area contributed by atoms with E-state index in [9.17, 15) is 4.79 Å². The van der Waals surface area contributed by atoms with Gasteiger partial charge in [-0.25, -0.2) is 0 Å². The van der Waals surface area contributed by atoms with Gasteiger partial charge in [0.25, 0.3) is 0 Å². The normalized spacial score (nSPS) is 10.9. The van der Waals surface area contributed by atoms with E-state index in [2.05, 4.69) is 6.92 Å². The summed E-state index contributed by atoms with van der Waals surface area (Å²) in [7, 11) is 1.94. The number of likely N-dealkylation sites (N-methyl/N-ethyl adjacent to an activating group) is 1. The molecule has 1 rings (SSSR count). The molecule has 0 atom stereocenters. The second kappa shape index (κ2) is 7.00. The van der Waals surface area contributed by atoms with Gasteiger partial charge >= 0.3 is 0 Å². The van der Waals surface area contributed by atoms with Gasteiger partial charge in [0.05, 0.1) is 11.6 Å². The molecule has 0 aromatic heterocycles. The van der Waals surface area contributed by atoms with Crippen LogP contribution in [0.4, 0.5) is 0 Å². The van der Waals surface area contributed by atoms with Crippen LogP contribution in [0.25, 0.3) is 0 Å². The number of halogens is 2. The minimum Gasteiger partial charge on any atom is -0.299 e. The average Bonchev–Trinajstić information content (AvgIpc) is 2.29. The number of nitrogens with zero attached hydrogens (tertiary/aromatic N) is 1. The Bertz CT molecular complexity index is 393. The molecule has 0 heterocycles. The zero-order chi connectivity index (χ0) is 12.8. The fourth-order valence-corrected chi connectivity index (χ4v) is 1.94. The third-order valence-corrected chi connectivity index (χ3v) is 3.10. The summed E-state index contributed by atoms with van der Waals surface area (Å²) in [5.41, 5.74) is 0.502. The summed E-state index contributed by atoms with van der Waals surface area (Å²) in [6.45, 7) is 3.42. The predicted octanol–water partition coefficient (Wildman–Crippen LogP) is 3.91. The van der Waals surface area contributed by atoms with Gasteiger partial charge in [-0.2, -0.15) is 0 Å². The summed E-state index contributed by atoms with van der Waals surface area (Å²) in [5.74, 6) is 0.0103. The number of unbranched alkanes of at least 4 members (excludes halogenated alkanes) is 1. The molecule has 0 aliphatic rings. The molecule has 0 amide bonds. The van der Waals surface area contributed by atoms with Gasteiger partial charge in [0.1, 0.15) is 0 Å². The monoisotopic (exact) mass is 273 g/mol. The molecule has 0 saturated carbocycles. The van der Waals surface area contributed by atoms with Crippen LogP contribution in [0.3, 0.4) is 0 Å². The Morgan fingerprint density at radius 1 is 1.35 bits per heavy atom. The summed E-state index contributed by atoms with van der Waals surface area (Å²) in [6.07, 6.45) is 2.21. The first-order chi connectivity index (χ1) is 8.04. The van der Waals surface area contributed by atoms with E-state index in [0.29, 0.717) is 22.2 Å². The first-order valence-electron chi connectivity index (χ1n) is 5.71. The number of carbonyl (C=O) groups is 1. The van der Waals surface area contributed by atoms with Crippen LogP contribution in [-0.4, -0.2) is 30.8 Å². The summed E-state index contributed by atoms with van der Waals surface area (Å²) in [6, 6.07) is 4.96. The topological polar surface area (TPSA) is 20.3 Å². The number of carbonyl (C=O) groups excluding carboxylic acids is 1. The number of hydrogen-bond acceptors (Lipinski definition) is 2. The van der Waals surface area contributed by atoms with Crippen LogP contribution >= 0.6 is 23.2 Å². The van der Waals surface area contributed by atoms with E-state index < -0.39 is 0 Å². The molecule has 0 N–H and O–H groups in total. The second-order valence-electron chi connectivity index (χ2n) is 4.14. The zero-order valence-corrected chi connectivity index (χ0v) is 11.7. The van der Waals surface area contributed by atoms with Gasteiger partial charge in [-0.15, -0.1) is 0 Å². The summed E-state index contributed by atoms with van der Waals surface area (Å²) >= 11 is 11.8. The van der Waals surface area contributed by atoms with E-state index in [4.69, 9.17) is 23.2 Å². The van der Waals surface area contributed by atoms with Gasteiger partial charge in [0.15, 0.2) is 5.78 Å². The van der Waals surface area contributed by atoms with Crippen molar-refractivity contribution in [2.75, 3.05) is 20.1 Å². The van der Waals surface area contributed by atoms with Gasteiger partial charge in [-0.3, -0.25) is 9.69 Å². The predicted molar refractivity (Wildman–Crippen MR) is 73.2 cm³/mol. The highest BCUT2D eigenvalue weighted by atomic mass is 35.5. The smallest absolute Gasteiger partial charge is 0.178 e. The first kappa shape index (κ1) is 14.5. The van der Waals surface area contributed by atoms with Crippen LogP contribution in [0.15, 0.2) is 18.2 Å². The molecule has 0 unspecified atom stereocenters. The molecule has 0 saturated heterocycles. The van der Waals surface area contributed by atoms with Gasteiger partial charge in [-0.05, 0) is 38.2 Å². The van der Waals surface area contributed by atoms with Crippen molar-refractivity contribution in [1.82, 2.24) is 4.90 Å².